The van der Waals surface area contributed by atoms with E-state index < -0.39 is 0 Å². The van der Waals surface area contributed by atoms with E-state index in [1.165, 1.54) is 6.07 Å². The fourth-order valence-electron chi connectivity index (χ4n) is 2.29. The maximum absolute atomic E-state index is 12.1. The molecular formula is C17H19N5O3. The Morgan fingerprint density at radius 2 is 2.04 bits per heavy atom. The van der Waals surface area contributed by atoms with Gasteiger partial charge in [0.1, 0.15) is 5.75 Å². The van der Waals surface area contributed by atoms with Gasteiger partial charge in [-0.1, -0.05) is 12.1 Å². The Hall–Kier alpha value is -3.16. The fourth-order valence-corrected chi connectivity index (χ4v) is 2.29. The number of rotatable bonds is 6. The number of para-hydroxylation sites is 2. The highest BCUT2D eigenvalue weighted by atomic mass is 16.5. The van der Waals surface area contributed by atoms with Gasteiger partial charge in [0.25, 0.3) is 0 Å². The SMILES string of the molecule is CC(C)Oc1ccc2nnc(CCC(=O)Nc3ccccc3O)n2n1. The summed E-state index contributed by atoms with van der Waals surface area (Å²) in [5.74, 6) is 0.840. The van der Waals surface area contributed by atoms with E-state index in [9.17, 15) is 9.90 Å². The molecule has 1 amide bonds. The summed E-state index contributed by atoms with van der Waals surface area (Å²) in [6, 6.07) is 10.1. The Bertz CT molecular complexity index is 891. The van der Waals surface area contributed by atoms with Crippen molar-refractivity contribution in [1.29, 1.82) is 0 Å². The van der Waals surface area contributed by atoms with Gasteiger partial charge in [-0.15, -0.1) is 15.3 Å². The van der Waals surface area contributed by atoms with Crippen LogP contribution in [0.4, 0.5) is 5.69 Å². The van der Waals surface area contributed by atoms with Gasteiger partial charge in [0.2, 0.25) is 11.8 Å². The lowest BCUT2D eigenvalue weighted by Crippen LogP contribution is -2.14. The number of aromatic nitrogens is 4. The van der Waals surface area contributed by atoms with Crippen LogP contribution in [0.15, 0.2) is 36.4 Å². The van der Waals surface area contributed by atoms with Crippen molar-refractivity contribution in [3.05, 3.63) is 42.2 Å². The van der Waals surface area contributed by atoms with Gasteiger partial charge in [-0.05, 0) is 32.0 Å². The van der Waals surface area contributed by atoms with Gasteiger partial charge in [-0.25, -0.2) is 0 Å². The molecule has 25 heavy (non-hydrogen) atoms. The number of hydrogen-bond donors (Lipinski definition) is 2. The minimum Gasteiger partial charge on any atom is -0.506 e. The summed E-state index contributed by atoms with van der Waals surface area (Å²) in [4.78, 5) is 12.1. The maximum atomic E-state index is 12.1. The topological polar surface area (TPSA) is 102 Å². The van der Waals surface area contributed by atoms with Crippen molar-refractivity contribution >= 4 is 17.2 Å². The van der Waals surface area contributed by atoms with Crippen molar-refractivity contribution in [3.8, 4) is 11.6 Å². The van der Waals surface area contributed by atoms with Crippen LogP contribution in [-0.4, -0.2) is 36.9 Å². The first-order valence-electron chi connectivity index (χ1n) is 7.99. The van der Waals surface area contributed by atoms with Gasteiger partial charge in [0.05, 0.1) is 11.8 Å². The van der Waals surface area contributed by atoms with Gasteiger partial charge < -0.3 is 15.2 Å². The van der Waals surface area contributed by atoms with Crippen molar-refractivity contribution in [3.63, 3.8) is 0 Å². The van der Waals surface area contributed by atoms with E-state index in [1.54, 1.807) is 34.8 Å². The van der Waals surface area contributed by atoms with Crippen LogP contribution in [0.2, 0.25) is 0 Å². The third kappa shape index (κ3) is 4.03. The first-order valence-corrected chi connectivity index (χ1v) is 7.99. The van der Waals surface area contributed by atoms with Crippen LogP contribution in [-0.2, 0) is 11.2 Å². The monoisotopic (exact) mass is 341 g/mol. The molecule has 2 N–H and O–H groups in total. The second kappa shape index (κ2) is 7.16. The Morgan fingerprint density at radius 1 is 1.24 bits per heavy atom. The quantitative estimate of drug-likeness (QED) is 0.666. The highest BCUT2D eigenvalue weighted by Crippen LogP contribution is 2.21. The van der Waals surface area contributed by atoms with Crippen molar-refractivity contribution in [2.75, 3.05) is 5.32 Å². The Morgan fingerprint density at radius 3 is 2.80 bits per heavy atom. The number of anilines is 1. The number of aromatic hydroxyl groups is 1. The molecular weight excluding hydrogens is 322 g/mol. The predicted molar refractivity (Wildman–Crippen MR) is 91.6 cm³/mol. The third-order valence-electron chi connectivity index (χ3n) is 3.41. The van der Waals surface area contributed by atoms with Crippen molar-refractivity contribution in [2.24, 2.45) is 0 Å². The number of phenolic OH excluding ortho intramolecular Hbond substituents is 1. The fraction of sp³-hybridized carbons (Fsp3) is 0.294. The smallest absolute Gasteiger partial charge is 0.232 e. The van der Waals surface area contributed by atoms with E-state index in [-0.39, 0.29) is 24.2 Å². The molecule has 3 rings (SSSR count). The summed E-state index contributed by atoms with van der Waals surface area (Å²) in [6.45, 7) is 3.84. The molecule has 130 valence electrons. The number of ether oxygens (including phenoxy) is 1. The van der Waals surface area contributed by atoms with E-state index >= 15 is 0 Å². The molecule has 0 aliphatic carbocycles. The van der Waals surface area contributed by atoms with Crippen LogP contribution in [0, 0.1) is 0 Å². The number of carbonyl (C=O) groups excluding carboxylic acids is 1. The van der Waals surface area contributed by atoms with Gasteiger partial charge >= 0.3 is 0 Å². The molecule has 2 heterocycles. The van der Waals surface area contributed by atoms with Crippen LogP contribution in [0.5, 0.6) is 11.6 Å². The molecule has 0 saturated heterocycles. The van der Waals surface area contributed by atoms with Gasteiger partial charge in [0, 0.05) is 18.9 Å². The largest absolute Gasteiger partial charge is 0.506 e. The Labute approximate surface area is 144 Å². The number of aryl methyl sites for hydroxylation is 1. The van der Waals surface area contributed by atoms with Crippen LogP contribution in [0.25, 0.3) is 5.65 Å². The zero-order chi connectivity index (χ0) is 17.8. The minimum atomic E-state index is -0.229. The van der Waals surface area contributed by atoms with E-state index in [0.29, 0.717) is 29.5 Å². The van der Waals surface area contributed by atoms with Crippen molar-refractivity contribution in [2.45, 2.75) is 32.8 Å². The van der Waals surface area contributed by atoms with E-state index in [1.807, 2.05) is 13.8 Å². The minimum absolute atomic E-state index is 0.00853. The lowest BCUT2D eigenvalue weighted by Gasteiger charge is -2.08. The Balaban J connectivity index is 1.68. The molecule has 0 atom stereocenters. The predicted octanol–water partition coefficient (Wildman–Crippen LogP) is 2.19. The number of benzene rings is 1. The van der Waals surface area contributed by atoms with E-state index in [4.69, 9.17) is 4.74 Å². The van der Waals surface area contributed by atoms with Crippen molar-refractivity contribution < 1.29 is 14.6 Å². The van der Waals surface area contributed by atoms with Gasteiger partial charge in [-0.3, -0.25) is 4.79 Å². The van der Waals surface area contributed by atoms with E-state index in [2.05, 4.69) is 20.6 Å². The number of amides is 1. The molecule has 1 aromatic carbocycles. The summed E-state index contributed by atoms with van der Waals surface area (Å²) in [6.07, 6.45) is 0.555. The number of nitrogens with zero attached hydrogens (tertiary/aromatic N) is 4. The molecule has 0 fully saturated rings. The molecule has 0 aliphatic heterocycles. The first kappa shape index (κ1) is 16.7. The zero-order valence-electron chi connectivity index (χ0n) is 14.0. The average Bonchev–Trinajstić information content (AvgIpc) is 2.97. The molecule has 0 spiro atoms. The first-order chi connectivity index (χ1) is 12.0. The number of carbonyl (C=O) groups is 1. The summed E-state index contributed by atoms with van der Waals surface area (Å²) in [7, 11) is 0. The van der Waals surface area contributed by atoms with Gasteiger partial charge in [0.15, 0.2) is 11.5 Å². The van der Waals surface area contributed by atoms with Gasteiger partial charge in [-0.2, -0.15) is 4.52 Å². The number of hydrogen-bond acceptors (Lipinski definition) is 6. The summed E-state index contributed by atoms with van der Waals surface area (Å²) in [5, 5.41) is 24.8. The number of nitrogens with one attached hydrogen (secondary N) is 1. The molecule has 0 radical (unpaired) electrons. The number of fused-ring (bicyclic) bond motifs is 1. The van der Waals surface area contributed by atoms with Crippen LogP contribution >= 0.6 is 0 Å². The molecule has 2 aromatic heterocycles. The number of phenols is 1. The second-order valence-electron chi connectivity index (χ2n) is 5.79. The van der Waals surface area contributed by atoms with Crippen LogP contribution in [0.3, 0.4) is 0 Å². The normalized spacial score (nSPS) is 11.0. The Kier molecular flexibility index (Phi) is 4.78. The molecule has 0 saturated carbocycles. The molecule has 0 unspecified atom stereocenters. The second-order valence-corrected chi connectivity index (χ2v) is 5.79. The maximum Gasteiger partial charge on any atom is 0.232 e. The highest BCUT2D eigenvalue weighted by molar-refractivity contribution is 5.92. The molecule has 8 nitrogen and oxygen atoms in total. The molecule has 0 aliphatic rings. The molecule has 8 heteroatoms. The lowest BCUT2D eigenvalue weighted by atomic mass is 10.2. The summed E-state index contributed by atoms with van der Waals surface area (Å²) in [5.41, 5.74) is 0.969. The van der Waals surface area contributed by atoms with E-state index in [0.717, 1.165) is 0 Å². The molecule has 3 aromatic rings. The van der Waals surface area contributed by atoms with Crippen LogP contribution < -0.4 is 10.1 Å². The highest BCUT2D eigenvalue weighted by Gasteiger charge is 2.12. The lowest BCUT2D eigenvalue weighted by molar-refractivity contribution is -0.116. The summed E-state index contributed by atoms with van der Waals surface area (Å²) >= 11 is 0. The molecule has 0 bridgehead atoms. The zero-order valence-corrected chi connectivity index (χ0v) is 14.0. The standard InChI is InChI=1S/C17H19N5O3/c1-11(2)25-17-10-8-15-20-19-14(22(15)21-17)7-9-16(24)18-12-5-3-4-6-13(12)23/h3-6,8,10-11,23H,7,9H2,1-2H3,(H,18,24). The third-order valence-corrected chi connectivity index (χ3v) is 3.41. The average molecular weight is 341 g/mol. The summed E-state index contributed by atoms with van der Waals surface area (Å²) < 4.78 is 7.14. The van der Waals surface area contributed by atoms with Crippen LogP contribution in [0.1, 0.15) is 26.1 Å². The van der Waals surface area contributed by atoms with Crippen molar-refractivity contribution in [1.82, 2.24) is 19.8 Å².